The molecule has 1 aliphatic rings. The van der Waals surface area contributed by atoms with E-state index in [2.05, 4.69) is 0 Å². The summed E-state index contributed by atoms with van der Waals surface area (Å²) < 4.78 is 16.3. The third kappa shape index (κ3) is 2.06. The lowest BCUT2D eigenvalue weighted by atomic mass is 9.90. The molecular formula is C9H17BO3. The second-order valence-electron chi connectivity index (χ2n) is 4.15. The molecule has 4 heteroatoms. The molecule has 3 nitrogen and oxygen atoms in total. The first-order chi connectivity index (χ1) is 5.89. The van der Waals surface area contributed by atoms with Crippen molar-refractivity contribution in [2.45, 2.75) is 45.8 Å². The minimum atomic E-state index is -0.582. The molecule has 0 spiro atoms. The summed E-state index contributed by atoms with van der Waals surface area (Å²) in [5.41, 5.74) is -0.640. The van der Waals surface area contributed by atoms with Crippen LogP contribution in [0.1, 0.15) is 34.6 Å². The largest absolute Gasteiger partial charge is 0.713 e. The molecule has 74 valence electrons. The zero-order chi connectivity index (χ0) is 10.1. The molecule has 1 rings (SSSR count). The number of rotatable bonds is 2. The highest BCUT2D eigenvalue weighted by Crippen LogP contribution is 2.36. The van der Waals surface area contributed by atoms with Crippen LogP contribution in [-0.4, -0.2) is 18.5 Å². The predicted octanol–water partition coefficient (Wildman–Crippen LogP) is 2.13. The molecule has 0 aromatic rings. The van der Waals surface area contributed by atoms with E-state index in [1.807, 2.05) is 34.6 Å². The molecule has 0 aromatic heterocycles. The second kappa shape index (κ2) is 3.35. The van der Waals surface area contributed by atoms with Crippen LogP contribution in [0.15, 0.2) is 12.3 Å². The molecule has 1 heterocycles. The van der Waals surface area contributed by atoms with Crippen LogP contribution in [0.25, 0.3) is 0 Å². The minimum absolute atomic E-state index is 0.320. The van der Waals surface area contributed by atoms with Crippen LogP contribution in [0, 0.1) is 0 Å². The number of allylic oxidation sites excluding steroid dienone is 1. The maximum atomic E-state index is 5.57. The van der Waals surface area contributed by atoms with E-state index >= 15 is 0 Å². The maximum Gasteiger partial charge on any atom is 0.713 e. The van der Waals surface area contributed by atoms with Gasteiger partial charge in [-0.25, -0.2) is 0 Å². The molecule has 0 amide bonds. The van der Waals surface area contributed by atoms with Gasteiger partial charge in [0.25, 0.3) is 0 Å². The van der Waals surface area contributed by atoms with Gasteiger partial charge in [0.15, 0.2) is 0 Å². The Morgan fingerprint density at radius 1 is 1.08 bits per heavy atom. The molecule has 1 fully saturated rings. The summed E-state index contributed by atoms with van der Waals surface area (Å²) >= 11 is 0. The highest BCUT2D eigenvalue weighted by Gasteiger charge is 2.53. The quantitative estimate of drug-likeness (QED) is 0.486. The van der Waals surface area contributed by atoms with E-state index in [1.54, 1.807) is 12.3 Å². The van der Waals surface area contributed by atoms with Gasteiger partial charge in [0, 0.05) is 0 Å². The van der Waals surface area contributed by atoms with Crippen LogP contribution in [0.2, 0.25) is 0 Å². The average molecular weight is 184 g/mol. The summed E-state index contributed by atoms with van der Waals surface area (Å²) in [4.78, 5) is 0. The SMILES string of the molecule is C/C=C/OB1OC(C)(C)C(C)(C)O1. The summed E-state index contributed by atoms with van der Waals surface area (Å²) in [7, 11) is -0.582. The van der Waals surface area contributed by atoms with Gasteiger partial charge in [-0.15, -0.1) is 0 Å². The fraction of sp³-hybridized carbons (Fsp3) is 0.778. The number of hydrogen-bond donors (Lipinski definition) is 0. The van der Waals surface area contributed by atoms with Crippen molar-refractivity contribution < 1.29 is 14.0 Å². The smallest absolute Gasteiger partial charge is 0.518 e. The van der Waals surface area contributed by atoms with Gasteiger partial charge in [-0.3, -0.25) is 0 Å². The van der Waals surface area contributed by atoms with E-state index in [0.717, 1.165) is 0 Å². The Bertz CT molecular complexity index is 195. The third-order valence-corrected chi connectivity index (χ3v) is 2.56. The highest BCUT2D eigenvalue weighted by molar-refractivity contribution is 6.37. The lowest BCUT2D eigenvalue weighted by Gasteiger charge is -2.31. The summed E-state index contributed by atoms with van der Waals surface area (Å²) in [6.07, 6.45) is 3.37. The van der Waals surface area contributed by atoms with Gasteiger partial charge in [0.1, 0.15) is 0 Å². The molecule has 1 saturated heterocycles. The van der Waals surface area contributed by atoms with Crippen LogP contribution in [0.5, 0.6) is 0 Å². The average Bonchev–Trinajstić information content (AvgIpc) is 2.17. The topological polar surface area (TPSA) is 27.7 Å². The van der Waals surface area contributed by atoms with E-state index in [-0.39, 0.29) is 11.2 Å². The molecule has 0 aromatic carbocycles. The fourth-order valence-corrected chi connectivity index (χ4v) is 0.987. The lowest BCUT2D eigenvalue weighted by molar-refractivity contribution is 0.00578. The first kappa shape index (κ1) is 10.6. The van der Waals surface area contributed by atoms with E-state index in [0.29, 0.717) is 0 Å². The Balaban J connectivity index is 2.60. The monoisotopic (exact) mass is 184 g/mol. The van der Waals surface area contributed by atoms with Crippen molar-refractivity contribution in [2.24, 2.45) is 0 Å². The zero-order valence-corrected chi connectivity index (χ0v) is 8.96. The molecule has 0 unspecified atom stereocenters. The Kier molecular flexibility index (Phi) is 2.73. The van der Waals surface area contributed by atoms with E-state index in [9.17, 15) is 0 Å². The third-order valence-electron chi connectivity index (χ3n) is 2.56. The summed E-state index contributed by atoms with van der Waals surface area (Å²) in [6.45, 7) is 9.85. The first-order valence-corrected chi connectivity index (χ1v) is 4.51. The minimum Gasteiger partial charge on any atom is -0.518 e. The van der Waals surface area contributed by atoms with Crippen LogP contribution < -0.4 is 0 Å². The Morgan fingerprint density at radius 2 is 1.54 bits per heavy atom. The molecule has 0 N–H and O–H groups in total. The van der Waals surface area contributed by atoms with E-state index in [4.69, 9.17) is 14.0 Å². The van der Waals surface area contributed by atoms with Crippen LogP contribution in [0.4, 0.5) is 0 Å². The summed E-state index contributed by atoms with van der Waals surface area (Å²) in [5.74, 6) is 0. The molecule has 13 heavy (non-hydrogen) atoms. The van der Waals surface area contributed by atoms with Crippen LogP contribution >= 0.6 is 0 Å². The molecule has 0 radical (unpaired) electrons. The van der Waals surface area contributed by atoms with Gasteiger partial charge in [-0.05, 0) is 34.6 Å². The highest BCUT2D eigenvalue weighted by atomic mass is 16.8. The normalized spacial score (nSPS) is 25.5. The molecule has 0 bridgehead atoms. The molecular weight excluding hydrogens is 167 g/mol. The lowest BCUT2D eigenvalue weighted by Crippen LogP contribution is -2.41. The van der Waals surface area contributed by atoms with Crippen LogP contribution in [0.3, 0.4) is 0 Å². The zero-order valence-electron chi connectivity index (χ0n) is 8.96. The predicted molar refractivity (Wildman–Crippen MR) is 52.0 cm³/mol. The van der Waals surface area contributed by atoms with E-state index in [1.165, 1.54) is 0 Å². The summed E-state index contributed by atoms with van der Waals surface area (Å²) in [5, 5.41) is 0. The summed E-state index contributed by atoms with van der Waals surface area (Å²) in [6, 6.07) is 0. The van der Waals surface area contributed by atoms with Crippen molar-refractivity contribution >= 4 is 7.32 Å². The van der Waals surface area contributed by atoms with Gasteiger partial charge in [0.05, 0.1) is 17.5 Å². The fourth-order valence-electron chi connectivity index (χ4n) is 0.987. The van der Waals surface area contributed by atoms with Crippen molar-refractivity contribution in [3.05, 3.63) is 12.3 Å². The maximum absolute atomic E-state index is 5.57. The number of hydrogen-bond acceptors (Lipinski definition) is 3. The van der Waals surface area contributed by atoms with Gasteiger partial charge in [-0.1, -0.05) is 6.08 Å². The van der Waals surface area contributed by atoms with Crippen molar-refractivity contribution in [1.29, 1.82) is 0 Å². The van der Waals surface area contributed by atoms with Gasteiger partial charge < -0.3 is 14.0 Å². The van der Waals surface area contributed by atoms with Gasteiger partial charge >= 0.3 is 7.32 Å². The van der Waals surface area contributed by atoms with Gasteiger partial charge in [-0.2, -0.15) is 0 Å². The Hall–Kier alpha value is -0.475. The van der Waals surface area contributed by atoms with Crippen molar-refractivity contribution in [2.75, 3.05) is 0 Å². The Morgan fingerprint density at radius 3 is 1.92 bits per heavy atom. The van der Waals surface area contributed by atoms with Crippen molar-refractivity contribution in [1.82, 2.24) is 0 Å². The molecule has 0 aliphatic carbocycles. The van der Waals surface area contributed by atoms with E-state index < -0.39 is 7.32 Å². The molecule has 1 aliphatic heterocycles. The molecule has 0 atom stereocenters. The van der Waals surface area contributed by atoms with Crippen LogP contribution in [-0.2, 0) is 14.0 Å². The second-order valence-corrected chi connectivity index (χ2v) is 4.15. The van der Waals surface area contributed by atoms with Gasteiger partial charge in [0.2, 0.25) is 0 Å². The van der Waals surface area contributed by atoms with Crippen molar-refractivity contribution in [3.63, 3.8) is 0 Å². The first-order valence-electron chi connectivity index (χ1n) is 4.51. The molecule has 0 saturated carbocycles. The van der Waals surface area contributed by atoms with Crippen molar-refractivity contribution in [3.8, 4) is 0 Å². The standard InChI is InChI=1S/C9H17BO3/c1-6-7-11-10-12-8(2,3)9(4,5)13-10/h6-7H,1-5H3/b7-6+. The Labute approximate surface area is 80.2 Å².